The molecule has 0 heterocycles. The second kappa shape index (κ2) is 9.02. The molecule has 0 spiro atoms. The quantitative estimate of drug-likeness (QED) is 0.557. The summed E-state index contributed by atoms with van der Waals surface area (Å²) < 4.78 is 4.97. The molecule has 0 fully saturated rings. The summed E-state index contributed by atoms with van der Waals surface area (Å²) in [5, 5.41) is 3.16. The van der Waals surface area contributed by atoms with Crippen molar-refractivity contribution in [1.29, 1.82) is 0 Å². The molecule has 3 rings (SSSR count). The van der Waals surface area contributed by atoms with E-state index in [0.29, 0.717) is 16.3 Å². The second-order valence-electron chi connectivity index (χ2n) is 6.93. The predicted octanol–water partition coefficient (Wildman–Crippen LogP) is 4.28. The number of ether oxygens (including phenoxy) is 1. The minimum Gasteiger partial charge on any atom is -0.456 e. The molecule has 146 valence electrons. The Balaban J connectivity index is 1.43. The van der Waals surface area contributed by atoms with E-state index in [1.165, 1.54) is 11.1 Å². The highest BCUT2D eigenvalue weighted by atomic mass is 35.5. The number of benzene rings is 2. The number of rotatable bonds is 7. The SMILES string of the molecule is Cc1ccc(Cl)cc1NC(=O)COC(=O)CCC(=O)c1ccc2c(c1)CCC2. The Labute approximate surface area is 169 Å². The summed E-state index contributed by atoms with van der Waals surface area (Å²) in [6, 6.07) is 10.9. The number of aryl methyl sites for hydroxylation is 3. The number of carbonyl (C=O) groups excluding carboxylic acids is 3. The van der Waals surface area contributed by atoms with Gasteiger partial charge in [0.2, 0.25) is 0 Å². The van der Waals surface area contributed by atoms with E-state index < -0.39 is 18.5 Å². The van der Waals surface area contributed by atoms with Gasteiger partial charge in [0, 0.05) is 22.7 Å². The van der Waals surface area contributed by atoms with Crippen molar-refractivity contribution in [3.63, 3.8) is 0 Å². The van der Waals surface area contributed by atoms with Crippen molar-refractivity contribution in [2.24, 2.45) is 0 Å². The number of hydrogen-bond donors (Lipinski definition) is 1. The van der Waals surface area contributed by atoms with Gasteiger partial charge >= 0.3 is 5.97 Å². The van der Waals surface area contributed by atoms with Crippen LogP contribution in [0.4, 0.5) is 5.69 Å². The Morgan fingerprint density at radius 3 is 2.64 bits per heavy atom. The number of esters is 1. The standard InChI is InChI=1S/C22H22ClNO4/c1-14-5-8-18(23)12-19(14)24-21(26)13-28-22(27)10-9-20(25)17-7-6-15-3-2-4-16(15)11-17/h5-8,11-12H,2-4,9-10,13H2,1H3,(H,24,26). The monoisotopic (exact) mass is 399 g/mol. The van der Waals surface area contributed by atoms with E-state index in [9.17, 15) is 14.4 Å². The van der Waals surface area contributed by atoms with Crippen LogP contribution in [0.2, 0.25) is 5.02 Å². The number of anilines is 1. The number of Topliss-reactive ketones (excluding diaryl/α,β-unsaturated/α-hetero) is 1. The van der Waals surface area contributed by atoms with Crippen LogP contribution >= 0.6 is 11.6 Å². The summed E-state index contributed by atoms with van der Waals surface area (Å²) in [6.45, 7) is 1.43. The van der Waals surface area contributed by atoms with E-state index in [2.05, 4.69) is 5.32 Å². The molecule has 28 heavy (non-hydrogen) atoms. The molecule has 2 aromatic carbocycles. The lowest BCUT2D eigenvalue weighted by molar-refractivity contribution is -0.147. The van der Waals surface area contributed by atoms with Crippen LogP contribution in [-0.2, 0) is 27.2 Å². The van der Waals surface area contributed by atoms with Crippen molar-refractivity contribution in [1.82, 2.24) is 0 Å². The number of ketones is 1. The van der Waals surface area contributed by atoms with Gasteiger partial charge in [0.05, 0.1) is 6.42 Å². The van der Waals surface area contributed by atoms with Crippen molar-refractivity contribution >= 4 is 34.9 Å². The lowest BCUT2D eigenvalue weighted by atomic mass is 10.0. The van der Waals surface area contributed by atoms with Gasteiger partial charge in [-0.05, 0) is 61.1 Å². The maximum atomic E-state index is 12.3. The first kappa shape index (κ1) is 20.1. The van der Waals surface area contributed by atoms with E-state index in [-0.39, 0.29) is 18.6 Å². The number of fused-ring (bicyclic) bond motifs is 1. The third-order valence-electron chi connectivity index (χ3n) is 4.81. The molecule has 1 N–H and O–H groups in total. The molecule has 0 radical (unpaired) electrons. The second-order valence-corrected chi connectivity index (χ2v) is 7.36. The highest BCUT2D eigenvalue weighted by molar-refractivity contribution is 6.31. The van der Waals surface area contributed by atoms with Gasteiger partial charge in [-0.3, -0.25) is 14.4 Å². The number of carbonyl (C=O) groups is 3. The molecule has 1 aliphatic carbocycles. The molecular weight excluding hydrogens is 378 g/mol. The number of halogens is 1. The molecule has 1 aliphatic rings. The first-order valence-corrected chi connectivity index (χ1v) is 9.67. The topological polar surface area (TPSA) is 72.5 Å². The van der Waals surface area contributed by atoms with Gasteiger partial charge in [0.1, 0.15) is 0 Å². The Kier molecular flexibility index (Phi) is 6.47. The van der Waals surface area contributed by atoms with Gasteiger partial charge in [0.25, 0.3) is 5.91 Å². The van der Waals surface area contributed by atoms with E-state index in [4.69, 9.17) is 16.3 Å². The molecule has 6 heteroatoms. The maximum absolute atomic E-state index is 12.3. The zero-order chi connectivity index (χ0) is 20.1. The van der Waals surface area contributed by atoms with E-state index in [0.717, 1.165) is 24.8 Å². The van der Waals surface area contributed by atoms with Crippen molar-refractivity contribution in [3.05, 3.63) is 63.7 Å². The molecule has 5 nitrogen and oxygen atoms in total. The Hall–Kier alpha value is -2.66. The number of hydrogen-bond acceptors (Lipinski definition) is 4. The molecule has 1 amide bonds. The normalized spacial score (nSPS) is 12.4. The van der Waals surface area contributed by atoms with E-state index in [1.54, 1.807) is 18.2 Å². The first-order valence-electron chi connectivity index (χ1n) is 9.29. The van der Waals surface area contributed by atoms with Crippen LogP contribution in [0, 0.1) is 6.92 Å². The highest BCUT2D eigenvalue weighted by Crippen LogP contribution is 2.23. The molecule has 2 aromatic rings. The van der Waals surface area contributed by atoms with E-state index in [1.807, 2.05) is 25.1 Å². The molecule has 0 bridgehead atoms. The summed E-state index contributed by atoms with van der Waals surface area (Å²) >= 11 is 5.91. The Morgan fingerprint density at radius 2 is 1.82 bits per heavy atom. The van der Waals surface area contributed by atoms with Crippen LogP contribution in [-0.4, -0.2) is 24.3 Å². The minimum atomic E-state index is -0.576. The van der Waals surface area contributed by atoms with Crippen molar-refractivity contribution in [2.75, 3.05) is 11.9 Å². The third kappa shape index (κ3) is 5.20. The third-order valence-corrected chi connectivity index (χ3v) is 5.05. The van der Waals surface area contributed by atoms with E-state index >= 15 is 0 Å². The lowest BCUT2D eigenvalue weighted by Gasteiger charge is -2.09. The zero-order valence-electron chi connectivity index (χ0n) is 15.7. The van der Waals surface area contributed by atoms with Crippen LogP contribution in [0.3, 0.4) is 0 Å². The van der Waals surface area contributed by atoms with Gasteiger partial charge in [0.15, 0.2) is 12.4 Å². The lowest BCUT2D eigenvalue weighted by Crippen LogP contribution is -2.21. The molecular formula is C22H22ClNO4. The van der Waals surface area contributed by atoms with Crippen LogP contribution in [0.15, 0.2) is 36.4 Å². The van der Waals surface area contributed by atoms with Crippen molar-refractivity contribution in [2.45, 2.75) is 39.0 Å². The van der Waals surface area contributed by atoms with Crippen molar-refractivity contribution in [3.8, 4) is 0 Å². The fraction of sp³-hybridized carbons (Fsp3) is 0.318. The van der Waals surface area contributed by atoms with Gasteiger partial charge in [-0.25, -0.2) is 0 Å². The van der Waals surface area contributed by atoms with Gasteiger partial charge < -0.3 is 10.1 Å². The maximum Gasteiger partial charge on any atom is 0.306 e. The Morgan fingerprint density at radius 1 is 1.04 bits per heavy atom. The summed E-state index contributed by atoms with van der Waals surface area (Å²) in [5.41, 5.74) is 4.57. The molecule has 0 atom stereocenters. The molecule has 0 aliphatic heterocycles. The Bertz CT molecular complexity index is 923. The summed E-state index contributed by atoms with van der Waals surface area (Å²) in [6.07, 6.45) is 3.19. The molecule has 0 unspecified atom stereocenters. The number of amides is 1. The van der Waals surface area contributed by atoms with Crippen LogP contribution in [0.5, 0.6) is 0 Å². The summed E-state index contributed by atoms with van der Waals surface area (Å²) in [4.78, 5) is 36.1. The highest BCUT2D eigenvalue weighted by Gasteiger charge is 2.16. The average molecular weight is 400 g/mol. The largest absolute Gasteiger partial charge is 0.456 e. The molecule has 0 aromatic heterocycles. The first-order chi connectivity index (χ1) is 13.4. The smallest absolute Gasteiger partial charge is 0.306 e. The predicted molar refractivity (Wildman–Crippen MR) is 108 cm³/mol. The zero-order valence-corrected chi connectivity index (χ0v) is 16.5. The minimum absolute atomic E-state index is 0.0562. The molecule has 0 saturated carbocycles. The summed E-state index contributed by atoms with van der Waals surface area (Å²) in [5.74, 6) is -1.12. The fourth-order valence-corrected chi connectivity index (χ4v) is 3.41. The van der Waals surface area contributed by atoms with Crippen LogP contribution < -0.4 is 5.32 Å². The van der Waals surface area contributed by atoms with Gasteiger partial charge in [-0.2, -0.15) is 0 Å². The molecule has 0 saturated heterocycles. The number of nitrogens with one attached hydrogen (secondary N) is 1. The average Bonchev–Trinajstić information content (AvgIpc) is 3.15. The van der Waals surface area contributed by atoms with Gasteiger partial charge in [-0.15, -0.1) is 0 Å². The van der Waals surface area contributed by atoms with Gasteiger partial charge in [-0.1, -0.05) is 29.8 Å². The van der Waals surface area contributed by atoms with Crippen LogP contribution in [0.25, 0.3) is 0 Å². The van der Waals surface area contributed by atoms with Crippen LogP contribution in [0.1, 0.15) is 46.3 Å². The fourth-order valence-electron chi connectivity index (χ4n) is 3.24. The van der Waals surface area contributed by atoms with Crippen molar-refractivity contribution < 1.29 is 19.1 Å². The summed E-state index contributed by atoms with van der Waals surface area (Å²) in [7, 11) is 0.